The zero-order chi connectivity index (χ0) is 13.8. The Hall–Kier alpha value is -1.87. The molecule has 0 saturated heterocycles. The Morgan fingerprint density at radius 1 is 1.56 bits per heavy atom. The van der Waals surface area contributed by atoms with E-state index in [1.54, 1.807) is 0 Å². The number of nitrogens with one attached hydrogen (secondary N) is 2. The summed E-state index contributed by atoms with van der Waals surface area (Å²) in [5, 5.41) is 11.4. The summed E-state index contributed by atoms with van der Waals surface area (Å²) in [6, 6.07) is 1.25. The average molecular weight is 274 g/mol. The molecule has 1 heterocycles. The SMILES string of the molecule is CNS(=O)(=O)CCNc1ncc(C(=O)O)cc1N. The molecule has 1 aromatic heterocycles. The number of nitrogen functional groups attached to an aromatic ring is 1. The number of sulfonamides is 1. The van der Waals surface area contributed by atoms with Crippen LogP contribution in [0.2, 0.25) is 0 Å². The third-order valence-corrected chi connectivity index (χ3v) is 3.50. The van der Waals surface area contributed by atoms with Gasteiger partial charge in [-0.3, -0.25) is 0 Å². The summed E-state index contributed by atoms with van der Waals surface area (Å²) in [4.78, 5) is 14.5. The second-order valence-corrected chi connectivity index (χ2v) is 5.46. The number of aromatic nitrogens is 1. The number of hydrogen-bond acceptors (Lipinski definition) is 6. The maximum Gasteiger partial charge on any atom is 0.337 e. The van der Waals surface area contributed by atoms with Crippen LogP contribution in [-0.4, -0.2) is 43.8 Å². The van der Waals surface area contributed by atoms with Crippen molar-refractivity contribution in [2.24, 2.45) is 0 Å². The molecule has 8 nitrogen and oxygen atoms in total. The third kappa shape index (κ3) is 3.86. The Labute approximate surface area is 104 Å². The monoisotopic (exact) mass is 274 g/mol. The highest BCUT2D eigenvalue weighted by molar-refractivity contribution is 7.89. The van der Waals surface area contributed by atoms with E-state index < -0.39 is 16.0 Å². The number of carbonyl (C=O) groups is 1. The standard InChI is InChI=1S/C9H14N4O4S/c1-11-18(16,17)3-2-12-8-7(10)4-6(5-13-8)9(14)15/h4-5,11H,2-3,10H2,1H3,(H,12,13)(H,14,15). The number of nitrogens with zero attached hydrogens (tertiary/aromatic N) is 1. The molecule has 0 saturated carbocycles. The summed E-state index contributed by atoms with van der Waals surface area (Å²) in [7, 11) is -1.98. The number of aromatic carboxylic acids is 1. The molecule has 5 N–H and O–H groups in total. The first kappa shape index (κ1) is 14.2. The van der Waals surface area contributed by atoms with Gasteiger partial charge in [0.1, 0.15) is 5.82 Å². The molecule has 0 amide bonds. The molecular weight excluding hydrogens is 260 g/mol. The molecule has 0 spiro atoms. The van der Waals surface area contributed by atoms with Gasteiger partial charge in [-0.15, -0.1) is 0 Å². The smallest absolute Gasteiger partial charge is 0.337 e. The van der Waals surface area contributed by atoms with Crippen LogP contribution in [0.3, 0.4) is 0 Å². The van der Waals surface area contributed by atoms with E-state index in [9.17, 15) is 13.2 Å². The van der Waals surface area contributed by atoms with E-state index in [1.807, 2.05) is 0 Å². The zero-order valence-electron chi connectivity index (χ0n) is 9.67. The van der Waals surface area contributed by atoms with Gasteiger partial charge < -0.3 is 16.2 Å². The van der Waals surface area contributed by atoms with Crippen molar-refractivity contribution < 1.29 is 18.3 Å². The van der Waals surface area contributed by atoms with Crippen molar-refractivity contribution in [2.75, 3.05) is 30.4 Å². The van der Waals surface area contributed by atoms with Gasteiger partial charge in [-0.25, -0.2) is 22.9 Å². The molecule has 0 bridgehead atoms. The molecule has 1 aromatic rings. The van der Waals surface area contributed by atoms with Crippen molar-refractivity contribution in [1.82, 2.24) is 9.71 Å². The summed E-state index contributed by atoms with van der Waals surface area (Å²) in [5.74, 6) is -1.00. The number of carboxylic acid groups (broad SMARTS) is 1. The fraction of sp³-hybridized carbons (Fsp3) is 0.333. The highest BCUT2D eigenvalue weighted by Crippen LogP contribution is 2.15. The molecule has 9 heteroatoms. The minimum absolute atomic E-state index is 0.0269. The largest absolute Gasteiger partial charge is 0.478 e. The number of pyridine rings is 1. The Morgan fingerprint density at radius 3 is 2.72 bits per heavy atom. The van der Waals surface area contributed by atoms with E-state index in [2.05, 4.69) is 15.0 Å². The fourth-order valence-corrected chi connectivity index (χ4v) is 1.73. The summed E-state index contributed by atoms with van der Waals surface area (Å²) in [6.07, 6.45) is 1.15. The predicted molar refractivity (Wildman–Crippen MR) is 66.9 cm³/mol. The van der Waals surface area contributed by atoms with Crippen LogP contribution in [0.4, 0.5) is 11.5 Å². The first-order chi connectivity index (χ1) is 8.35. The summed E-state index contributed by atoms with van der Waals surface area (Å²) in [5.41, 5.74) is 5.71. The Morgan fingerprint density at radius 2 is 2.22 bits per heavy atom. The maximum atomic E-state index is 11.1. The average Bonchev–Trinajstić information content (AvgIpc) is 2.31. The molecule has 0 unspecified atom stereocenters. The van der Waals surface area contributed by atoms with Crippen molar-refractivity contribution in [3.05, 3.63) is 17.8 Å². The van der Waals surface area contributed by atoms with Crippen LogP contribution in [0.25, 0.3) is 0 Å². The molecule has 0 aromatic carbocycles. The normalized spacial score (nSPS) is 11.2. The molecular formula is C9H14N4O4S. The number of nitrogens with two attached hydrogens (primary N) is 1. The topological polar surface area (TPSA) is 134 Å². The first-order valence-electron chi connectivity index (χ1n) is 4.99. The summed E-state index contributed by atoms with van der Waals surface area (Å²) < 4.78 is 24.4. The number of hydrogen-bond donors (Lipinski definition) is 4. The van der Waals surface area contributed by atoms with Crippen LogP contribution in [0.15, 0.2) is 12.3 Å². The minimum Gasteiger partial charge on any atom is -0.478 e. The van der Waals surface area contributed by atoms with Gasteiger partial charge in [-0.1, -0.05) is 0 Å². The van der Waals surface area contributed by atoms with E-state index in [1.165, 1.54) is 13.1 Å². The van der Waals surface area contributed by atoms with Crippen LogP contribution in [-0.2, 0) is 10.0 Å². The van der Waals surface area contributed by atoms with Crippen LogP contribution in [0.1, 0.15) is 10.4 Å². The van der Waals surface area contributed by atoms with Crippen molar-refractivity contribution in [3.63, 3.8) is 0 Å². The van der Waals surface area contributed by atoms with Crippen LogP contribution < -0.4 is 15.8 Å². The molecule has 100 valence electrons. The molecule has 0 aliphatic rings. The van der Waals surface area contributed by atoms with Crippen LogP contribution in [0, 0.1) is 0 Å². The highest BCUT2D eigenvalue weighted by atomic mass is 32.2. The van der Waals surface area contributed by atoms with Gasteiger partial charge >= 0.3 is 5.97 Å². The van der Waals surface area contributed by atoms with E-state index >= 15 is 0 Å². The van der Waals surface area contributed by atoms with Gasteiger partial charge in [0, 0.05) is 12.7 Å². The Bertz CT molecular complexity index is 543. The van der Waals surface area contributed by atoms with Gasteiger partial charge in [0.25, 0.3) is 0 Å². The molecule has 1 rings (SSSR count). The number of rotatable bonds is 6. The van der Waals surface area contributed by atoms with Gasteiger partial charge in [0.15, 0.2) is 0 Å². The summed E-state index contributed by atoms with van der Waals surface area (Å²) >= 11 is 0. The van der Waals surface area contributed by atoms with Crippen molar-refractivity contribution in [1.29, 1.82) is 0 Å². The molecule has 0 radical (unpaired) electrons. The number of anilines is 2. The van der Waals surface area contributed by atoms with Gasteiger partial charge in [-0.2, -0.15) is 0 Å². The van der Waals surface area contributed by atoms with E-state index in [0.29, 0.717) is 0 Å². The van der Waals surface area contributed by atoms with Crippen molar-refractivity contribution >= 4 is 27.5 Å². The second-order valence-electron chi connectivity index (χ2n) is 3.42. The lowest BCUT2D eigenvalue weighted by atomic mass is 10.2. The molecule has 0 atom stereocenters. The van der Waals surface area contributed by atoms with Gasteiger partial charge in [0.2, 0.25) is 10.0 Å². The molecule has 0 fully saturated rings. The Kier molecular flexibility index (Phi) is 4.45. The highest BCUT2D eigenvalue weighted by Gasteiger charge is 2.09. The lowest BCUT2D eigenvalue weighted by molar-refractivity contribution is 0.0696. The van der Waals surface area contributed by atoms with E-state index in [-0.39, 0.29) is 29.4 Å². The zero-order valence-corrected chi connectivity index (χ0v) is 10.5. The Balaban J connectivity index is 2.67. The third-order valence-electron chi connectivity index (χ3n) is 2.14. The van der Waals surface area contributed by atoms with Crippen LogP contribution in [0.5, 0.6) is 0 Å². The lowest BCUT2D eigenvalue weighted by Crippen LogP contribution is -2.26. The minimum atomic E-state index is -3.30. The quantitative estimate of drug-likeness (QED) is 0.540. The summed E-state index contributed by atoms with van der Waals surface area (Å²) in [6.45, 7) is 0.118. The van der Waals surface area contributed by atoms with Gasteiger partial charge in [0.05, 0.1) is 17.0 Å². The van der Waals surface area contributed by atoms with E-state index in [0.717, 1.165) is 6.20 Å². The molecule has 18 heavy (non-hydrogen) atoms. The lowest BCUT2D eigenvalue weighted by Gasteiger charge is -2.08. The molecule has 0 aliphatic heterocycles. The van der Waals surface area contributed by atoms with Crippen molar-refractivity contribution in [2.45, 2.75) is 0 Å². The fourth-order valence-electron chi connectivity index (χ4n) is 1.15. The first-order valence-corrected chi connectivity index (χ1v) is 6.65. The van der Waals surface area contributed by atoms with E-state index in [4.69, 9.17) is 10.8 Å². The maximum absolute atomic E-state index is 11.1. The predicted octanol–water partition coefficient (Wildman–Crippen LogP) is -0.677. The van der Waals surface area contributed by atoms with Gasteiger partial charge in [-0.05, 0) is 13.1 Å². The molecule has 0 aliphatic carbocycles. The van der Waals surface area contributed by atoms with Crippen LogP contribution >= 0.6 is 0 Å². The second kappa shape index (κ2) is 5.65. The number of carboxylic acids is 1. The van der Waals surface area contributed by atoms with Crippen molar-refractivity contribution in [3.8, 4) is 0 Å².